The van der Waals surface area contributed by atoms with Crippen LogP contribution in [0, 0.1) is 0 Å². The first-order valence-corrected chi connectivity index (χ1v) is 6.70. The van der Waals surface area contributed by atoms with Gasteiger partial charge in [-0.1, -0.05) is 24.3 Å². The predicted octanol–water partition coefficient (Wildman–Crippen LogP) is 2.24. The van der Waals surface area contributed by atoms with E-state index in [2.05, 4.69) is 10.2 Å². The van der Waals surface area contributed by atoms with Crippen molar-refractivity contribution in [3.8, 4) is 28.6 Å². The smallest absolute Gasteiger partial charge is 0.348 e. The summed E-state index contributed by atoms with van der Waals surface area (Å²) < 4.78 is 12.2. The standard InChI is InChI=1S/C16H15N3O3/c1-21-13-9-5-3-7-11(13)15-17-18-16(20)19(15)12-8-4-6-10-14(12)22-2/h3-10H,1-2H3,(H,18,20). The molecule has 0 saturated heterocycles. The van der Waals surface area contributed by atoms with Gasteiger partial charge in [-0.05, 0) is 24.3 Å². The number of methoxy groups -OCH3 is 2. The van der Waals surface area contributed by atoms with Crippen molar-refractivity contribution in [3.63, 3.8) is 0 Å². The molecule has 6 nitrogen and oxygen atoms in total. The molecule has 0 amide bonds. The third-order valence-corrected chi connectivity index (χ3v) is 3.35. The van der Waals surface area contributed by atoms with Crippen molar-refractivity contribution in [2.24, 2.45) is 0 Å². The average molecular weight is 297 g/mol. The molecular formula is C16H15N3O3. The third-order valence-electron chi connectivity index (χ3n) is 3.35. The lowest BCUT2D eigenvalue weighted by Crippen LogP contribution is -2.16. The zero-order valence-electron chi connectivity index (χ0n) is 12.2. The van der Waals surface area contributed by atoms with Crippen molar-refractivity contribution in [2.45, 2.75) is 0 Å². The van der Waals surface area contributed by atoms with Gasteiger partial charge in [0.2, 0.25) is 0 Å². The summed E-state index contributed by atoms with van der Waals surface area (Å²) in [6.07, 6.45) is 0. The fraction of sp³-hybridized carbons (Fsp3) is 0.125. The molecule has 0 fully saturated rings. The SMILES string of the molecule is COc1ccccc1-c1n[nH]c(=O)n1-c1ccccc1OC. The van der Waals surface area contributed by atoms with E-state index in [1.807, 2.05) is 36.4 Å². The Morgan fingerprint density at radius 2 is 1.59 bits per heavy atom. The van der Waals surface area contributed by atoms with Crippen LogP contribution in [0.4, 0.5) is 0 Å². The molecule has 112 valence electrons. The quantitative estimate of drug-likeness (QED) is 0.802. The van der Waals surface area contributed by atoms with Crippen molar-refractivity contribution in [1.29, 1.82) is 0 Å². The van der Waals surface area contributed by atoms with Gasteiger partial charge in [-0.2, -0.15) is 5.10 Å². The predicted molar refractivity (Wildman–Crippen MR) is 82.7 cm³/mol. The van der Waals surface area contributed by atoms with Crippen LogP contribution in [0.3, 0.4) is 0 Å². The van der Waals surface area contributed by atoms with Crippen LogP contribution in [0.2, 0.25) is 0 Å². The zero-order valence-corrected chi connectivity index (χ0v) is 12.2. The van der Waals surface area contributed by atoms with Gasteiger partial charge in [-0.25, -0.2) is 14.5 Å². The Morgan fingerprint density at radius 3 is 2.32 bits per heavy atom. The first-order chi connectivity index (χ1) is 10.8. The molecule has 0 bridgehead atoms. The minimum Gasteiger partial charge on any atom is -0.496 e. The molecule has 0 saturated carbocycles. The highest BCUT2D eigenvalue weighted by atomic mass is 16.5. The van der Waals surface area contributed by atoms with E-state index in [9.17, 15) is 4.79 Å². The molecule has 2 aromatic carbocycles. The minimum absolute atomic E-state index is 0.342. The van der Waals surface area contributed by atoms with Crippen molar-refractivity contribution in [1.82, 2.24) is 14.8 Å². The van der Waals surface area contributed by atoms with E-state index in [4.69, 9.17) is 9.47 Å². The lowest BCUT2D eigenvalue weighted by molar-refractivity contribution is 0.412. The van der Waals surface area contributed by atoms with E-state index >= 15 is 0 Å². The Hall–Kier alpha value is -3.02. The first-order valence-electron chi connectivity index (χ1n) is 6.70. The first kappa shape index (κ1) is 13.9. The summed E-state index contributed by atoms with van der Waals surface area (Å²) in [6, 6.07) is 14.7. The van der Waals surface area contributed by atoms with E-state index < -0.39 is 0 Å². The lowest BCUT2D eigenvalue weighted by Gasteiger charge is -2.12. The van der Waals surface area contributed by atoms with Crippen LogP contribution >= 0.6 is 0 Å². The van der Waals surface area contributed by atoms with E-state index in [-0.39, 0.29) is 5.69 Å². The Bertz CT molecular complexity index is 852. The van der Waals surface area contributed by atoms with Crippen LogP contribution in [0.5, 0.6) is 11.5 Å². The van der Waals surface area contributed by atoms with Crippen molar-refractivity contribution < 1.29 is 9.47 Å². The molecule has 1 heterocycles. The number of aromatic amines is 1. The number of nitrogens with one attached hydrogen (secondary N) is 1. The molecule has 22 heavy (non-hydrogen) atoms. The van der Waals surface area contributed by atoms with Crippen LogP contribution in [0.25, 0.3) is 17.1 Å². The molecule has 6 heteroatoms. The van der Waals surface area contributed by atoms with Gasteiger partial charge in [0.15, 0.2) is 5.82 Å². The Kier molecular flexibility index (Phi) is 3.65. The fourth-order valence-corrected chi connectivity index (χ4v) is 2.35. The second kappa shape index (κ2) is 5.77. The Labute approximate surface area is 126 Å². The second-order valence-electron chi connectivity index (χ2n) is 4.56. The summed E-state index contributed by atoms with van der Waals surface area (Å²) in [4.78, 5) is 12.2. The molecule has 0 aliphatic rings. The van der Waals surface area contributed by atoms with Gasteiger partial charge < -0.3 is 9.47 Å². The molecule has 0 atom stereocenters. The molecule has 3 rings (SSSR count). The van der Waals surface area contributed by atoms with Crippen molar-refractivity contribution in [2.75, 3.05) is 14.2 Å². The molecule has 1 N–H and O–H groups in total. The summed E-state index contributed by atoms with van der Waals surface area (Å²) in [6.45, 7) is 0. The highest BCUT2D eigenvalue weighted by Crippen LogP contribution is 2.30. The largest absolute Gasteiger partial charge is 0.496 e. The zero-order chi connectivity index (χ0) is 15.5. The van der Waals surface area contributed by atoms with Crippen molar-refractivity contribution in [3.05, 3.63) is 59.0 Å². The second-order valence-corrected chi connectivity index (χ2v) is 4.56. The van der Waals surface area contributed by atoms with Crippen LogP contribution in [0.1, 0.15) is 0 Å². The molecule has 0 spiro atoms. The van der Waals surface area contributed by atoms with E-state index in [1.54, 1.807) is 26.4 Å². The van der Waals surface area contributed by atoms with Crippen LogP contribution in [-0.4, -0.2) is 29.0 Å². The van der Waals surface area contributed by atoms with E-state index in [0.29, 0.717) is 28.6 Å². The summed E-state index contributed by atoms with van der Waals surface area (Å²) in [7, 11) is 3.14. The maximum Gasteiger partial charge on any atom is 0.348 e. The highest BCUT2D eigenvalue weighted by molar-refractivity contribution is 5.66. The Morgan fingerprint density at radius 1 is 0.955 bits per heavy atom. The molecule has 0 radical (unpaired) electrons. The number of aromatic nitrogens is 3. The normalized spacial score (nSPS) is 10.5. The van der Waals surface area contributed by atoms with Crippen LogP contribution in [0.15, 0.2) is 53.3 Å². The summed E-state index contributed by atoms with van der Waals surface area (Å²) in [5.41, 5.74) is 0.990. The number of nitrogens with zero attached hydrogens (tertiary/aromatic N) is 2. The third kappa shape index (κ3) is 2.24. The van der Waals surface area contributed by atoms with Crippen LogP contribution < -0.4 is 15.2 Å². The lowest BCUT2D eigenvalue weighted by atomic mass is 10.2. The van der Waals surface area contributed by atoms with Gasteiger partial charge in [-0.15, -0.1) is 0 Å². The number of benzene rings is 2. The van der Waals surface area contributed by atoms with Gasteiger partial charge in [0, 0.05) is 0 Å². The van der Waals surface area contributed by atoms with Gasteiger partial charge >= 0.3 is 5.69 Å². The minimum atomic E-state index is -0.342. The maximum absolute atomic E-state index is 12.2. The number of rotatable bonds is 4. The molecule has 0 aliphatic carbocycles. The maximum atomic E-state index is 12.2. The fourth-order valence-electron chi connectivity index (χ4n) is 2.35. The highest BCUT2D eigenvalue weighted by Gasteiger charge is 2.18. The van der Waals surface area contributed by atoms with E-state index in [0.717, 1.165) is 0 Å². The number of H-pyrrole nitrogens is 1. The molecular weight excluding hydrogens is 282 g/mol. The molecule has 0 unspecified atom stereocenters. The topological polar surface area (TPSA) is 69.1 Å². The van der Waals surface area contributed by atoms with E-state index in [1.165, 1.54) is 4.57 Å². The number of hydrogen-bond acceptors (Lipinski definition) is 4. The van der Waals surface area contributed by atoms with Gasteiger partial charge in [0.05, 0.1) is 25.5 Å². The van der Waals surface area contributed by atoms with Gasteiger partial charge in [-0.3, -0.25) is 0 Å². The molecule has 1 aromatic heterocycles. The average Bonchev–Trinajstić information content (AvgIpc) is 2.96. The number of hydrogen-bond donors (Lipinski definition) is 1. The Balaban J connectivity index is 2.27. The van der Waals surface area contributed by atoms with Gasteiger partial charge in [0.25, 0.3) is 0 Å². The summed E-state index contributed by atoms with van der Waals surface area (Å²) >= 11 is 0. The summed E-state index contributed by atoms with van der Waals surface area (Å²) in [5.74, 6) is 1.69. The van der Waals surface area contributed by atoms with Crippen molar-refractivity contribution >= 4 is 0 Å². The van der Waals surface area contributed by atoms with Crippen LogP contribution in [-0.2, 0) is 0 Å². The number of para-hydroxylation sites is 3. The number of ether oxygens (including phenoxy) is 2. The van der Waals surface area contributed by atoms with Gasteiger partial charge in [0.1, 0.15) is 11.5 Å². The summed E-state index contributed by atoms with van der Waals surface area (Å²) in [5, 5.41) is 6.62. The molecule has 3 aromatic rings. The monoisotopic (exact) mass is 297 g/mol. The molecule has 0 aliphatic heterocycles.